The van der Waals surface area contributed by atoms with E-state index in [0.717, 1.165) is 5.92 Å². The van der Waals surface area contributed by atoms with Gasteiger partial charge in [-0.05, 0) is 43.4 Å². The van der Waals surface area contributed by atoms with Crippen LogP contribution in [0, 0.1) is 19.8 Å². The molecule has 0 radical (unpaired) electrons. The van der Waals surface area contributed by atoms with Gasteiger partial charge in [-0.25, -0.2) is 4.57 Å². The molecule has 0 saturated heterocycles. The lowest BCUT2D eigenvalue weighted by molar-refractivity contribution is -0.660. The van der Waals surface area contributed by atoms with Crippen molar-refractivity contribution in [1.82, 2.24) is 0 Å². The van der Waals surface area contributed by atoms with Crippen LogP contribution in [0.25, 0.3) is 11.3 Å². The molecule has 1 aliphatic rings. The van der Waals surface area contributed by atoms with Gasteiger partial charge in [0.15, 0.2) is 6.20 Å². The summed E-state index contributed by atoms with van der Waals surface area (Å²) in [4.78, 5) is 0. The Morgan fingerprint density at radius 2 is 1.73 bits per heavy atom. The smallest absolute Gasteiger partial charge is 0.201 e. The van der Waals surface area contributed by atoms with E-state index in [4.69, 9.17) is 0 Å². The number of aromatic nitrogens is 1. The van der Waals surface area contributed by atoms with E-state index in [1.54, 1.807) is 0 Å². The summed E-state index contributed by atoms with van der Waals surface area (Å²) in [6.07, 6.45) is 10.8. The first-order valence-corrected chi connectivity index (χ1v) is 8.70. The molecule has 1 fully saturated rings. The summed E-state index contributed by atoms with van der Waals surface area (Å²) in [6.45, 7) is 4.47. The number of rotatable bonds is 3. The van der Waals surface area contributed by atoms with Crippen LogP contribution >= 0.6 is 0 Å². The number of hydrogen-bond acceptors (Lipinski definition) is 0. The van der Waals surface area contributed by atoms with Crippen molar-refractivity contribution in [3.05, 3.63) is 53.2 Å². The van der Waals surface area contributed by atoms with E-state index in [1.807, 2.05) is 0 Å². The maximum absolute atomic E-state index is 2.38. The fourth-order valence-electron chi connectivity index (χ4n) is 3.85. The second-order valence-electron chi connectivity index (χ2n) is 7.00. The minimum Gasteiger partial charge on any atom is -0.201 e. The molecule has 0 spiro atoms. The van der Waals surface area contributed by atoms with Gasteiger partial charge in [-0.15, -0.1) is 0 Å². The van der Waals surface area contributed by atoms with Crippen LogP contribution < -0.4 is 4.57 Å². The zero-order valence-corrected chi connectivity index (χ0v) is 14.2. The monoisotopic (exact) mass is 294 g/mol. The maximum Gasteiger partial charge on any atom is 0.212 e. The van der Waals surface area contributed by atoms with Gasteiger partial charge in [0.05, 0.1) is 0 Å². The fourth-order valence-corrected chi connectivity index (χ4v) is 3.85. The second kappa shape index (κ2) is 6.64. The molecule has 116 valence electrons. The minimum atomic E-state index is 0.900. The molecule has 0 bridgehead atoms. The highest BCUT2D eigenvalue weighted by atomic mass is 14.9. The number of aryl methyl sites for hydroxylation is 3. The van der Waals surface area contributed by atoms with Crippen LogP contribution in [0.3, 0.4) is 0 Å². The number of nitrogens with zero attached hydrogens (tertiary/aromatic N) is 1. The highest BCUT2D eigenvalue weighted by molar-refractivity contribution is 5.61. The number of benzene rings is 1. The van der Waals surface area contributed by atoms with Crippen LogP contribution in [-0.4, -0.2) is 0 Å². The van der Waals surface area contributed by atoms with E-state index in [0.29, 0.717) is 0 Å². The van der Waals surface area contributed by atoms with Gasteiger partial charge in [-0.2, -0.15) is 0 Å². The Kier molecular flexibility index (Phi) is 4.61. The largest absolute Gasteiger partial charge is 0.212 e. The Bertz CT molecular complexity index is 651. The molecule has 0 amide bonds. The van der Waals surface area contributed by atoms with Crippen molar-refractivity contribution in [3.63, 3.8) is 0 Å². The van der Waals surface area contributed by atoms with Gasteiger partial charge in [0.1, 0.15) is 7.05 Å². The summed E-state index contributed by atoms with van der Waals surface area (Å²) in [7, 11) is 2.19. The van der Waals surface area contributed by atoms with Gasteiger partial charge in [-0.3, -0.25) is 0 Å². The van der Waals surface area contributed by atoms with E-state index in [9.17, 15) is 0 Å². The van der Waals surface area contributed by atoms with Crippen LogP contribution in [-0.2, 0) is 13.5 Å². The summed E-state index contributed by atoms with van der Waals surface area (Å²) >= 11 is 0. The number of hydrogen-bond donors (Lipinski definition) is 0. The predicted octanol–water partition coefficient (Wildman–Crippen LogP) is 4.92. The SMILES string of the molecule is Cc1cc(-c2ccccc2C)[n+](C)cc1CC1CCCCC1. The molecule has 1 aromatic carbocycles. The molecular weight excluding hydrogens is 266 g/mol. The van der Waals surface area contributed by atoms with Crippen LogP contribution in [0.5, 0.6) is 0 Å². The zero-order valence-electron chi connectivity index (χ0n) is 14.2. The molecule has 0 atom stereocenters. The Labute approximate surface area is 135 Å². The second-order valence-corrected chi connectivity index (χ2v) is 7.00. The van der Waals surface area contributed by atoms with Gasteiger partial charge in [0, 0.05) is 17.2 Å². The topological polar surface area (TPSA) is 3.88 Å². The molecule has 1 aliphatic carbocycles. The average molecular weight is 294 g/mol. The van der Waals surface area contributed by atoms with Gasteiger partial charge in [0.25, 0.3) is 0 Å². The molecule has 3 rings (SSSR count). The number of pyridine rings is 1. The molecular formula is C21H28N+. The summed E-state index contributed by atoms with van der Waals surface area (Å²) in [6, 6.07) is 11.0. The van der Waals surface area contributed by atoms with E-state index >= 15 is 0 Å². The molecule has 1 heterocycles. The standard InChI is InChI=1S/C21H28N/c1-16-9-7-8-12-20(16)21-13-17(2)19(15-22(21)3)14-18-10-5-4-6-11-18/h7-9,12-13,15,18H,4-6,10-11,14H2,1-3H3/q+1. The zero-order chi connectivity index (χ0) is 15.5. The summed E-state index contributed by atoms with van der Waals surface area (Å²) < 4.78 is 2.31. The molecule has 1 nitrogen and oxygen atoms in total. The Morgan fingerprint density at radius 1 is 1.00 bits per heavy atom. The van der Waals surface area contributed by atoms with Crippen molar-refractivity contribution in [2.75, 3.05) is 0 Å². The van der Waals surface area contributed by atoms with E-state index in [1.165, 1.54) is 66.5 Å². The van der Waals surface area contributed by atoms with Crippen molar-refractivity contribution in [1.29, 1.82) is 0 Å². The van der Waals surface area contributed by atoms with Gasteiger partial charge in [-0.1, -0.05) is 50.3 Å². The van der Waals surface area contributed by atoms with E-state index < -0.39 is 0 Å². The van der Waals surface area contributed by atoms with Crippen molar-refractivity contribution in [3.8, 4) is 11.3 Å². The van der Waals surface area contributed by atoms with E-state index in [-0.39, 0.29) is 0 Å². The molecule has 2 aromatic rings. The first-order chi connectivity index (χ1) is 10.6. The van der Waals surface area contributed by atoms with Gasteiger partial charge < -0.3 is 0 Å². The molecule has 0 aliphatic heterocycles. The van der Waals surface area contributed by atoms with Crippen molar-refractivity contribution >= 4 is 0 Å². The first kappa shape index (κ1) is 15.3. The molecule has 22 heavy (non-hydrogen) atoms. The lowest BCUT2D eigenvalue weighted by Gasteiger charge is -2.21. The molecule has 1 aromatic heterocycles. The summed E-state index contributed by atoms with van der Waals surface area (Å²) in [5, 5.41) is 0. The third-order valence-electron chi connectivity index (χ3n) is 5.24. The summed E-state index contributed by atoms with van der Waals surface area (Å²) in [5.41, 5.74) is 6.99. The van der Waals surface area contributed by atoms with Crippen molar-refractivity contribution < 1.29 is 4.57 Å². The Balaban J connectivity index is 1.89. The van der Waals surface area contributed by atoms with Gasteiger partial charge in [0.2, 0.25) is 5.69 Å². The lowest BCUT2D eigenvalue weighted by Crippen LogP contribution is -2.32. The molecule has 0 unspecified atom stereocenters. The Hall–Kier alpha value is -1.63. The molecule has 1 heteroatoms. The third kappa shape index (κ3) is 3.24. The third-order valence-corrected chi connectivity index (χ3v) is 5.24. The first-order valence-electron chi connectivity index (χ1n) is 8.70. The highest BCUT2D eigenvalue weighted by Gasteiger charge is 2.19. The minimum absolute atomic E-state index is 0.900. The molecule has 1 saturated carbocycles. The van der Waals surface area contributed by atoms with Crippen molar-refractivity contribution in [2.24, 2.45) is 13.0 Å². The fraction of sp³-hybridized carbons (Fsp3) is 0.476. The van der Waals surface area contributed by atoms with Crippen LogP contribution in [0.15, 0.2) is 36.5 Å². The predicted molar refractivity (Wildman–Crippen MR) is 92.8 cm³/mol. The lowest BCUT2D eigenvalue weighted by atomic mass is 9.84. The van der Waals surface area contributed by atoms with Crippen LogP contribution in [0.4, 0.5) is 0 Å². The van der Waals surface area contributed by atoms with Gasteiger partial charge >= 0.3 is 0 Å². The maximum atomic E-state index is 2.38. The molecule has 0 N–H and O–H groups in total. The van der Waals surface area contributed by atoms with E-state index in [2.05, 4.69) is 62.0 Å². The van der Waals surface area contributed by atoms with Crippen LogP contribution in [0.2, 0.25) is 0 Å². The summed E-state index contributed by atoms with van der Waals surface area (Å²) in [5.74, 6) is 0.900. The Morgan fingerprint density at radius 3 is 2.45 bits per heavy atom. The van der Waals surface area contributed by atoms with Crippen LogP contribution in [0.1, 0.15) is 48.8 Å². The average Bonchev–Trinajstić information content (AvgIpc) is 2.52. The normalized spacial score (nSPS) is 16.0. The highest BCUT2D eigenvalue weighted by Crippen LogP contribution is 2.28. The quantitative estimate of drug-likeness (QED) is 0.708. The van der Waals surface area contributed by atoms with Crippen molar-refractivity contribution in [2.45, 2.75) is 52.4 Å².